The molecule has 0 bridgehead atoms. The summed E-state index contributed by atoms with van der Waals surface area (Å²) in [5.41, 5.74) is 0.352. The Morgan fingerprint density at radius 2 is 2.10 bits per heavy atom. The van der Waals surface area contributed by atoms with E-state index in [1.165, 1.54) is 16.0 Å². The molecule has 0 spiro atoms. The monoisotopic (exact) mass is 334 g/mol. The lowest BCUT2D eigenvalue weighted by atomic mass is 10.2. The molecule has 0 aromatic carbocycles. The van der Waals surface area contributed by atoms with Crippen LogP contribution in [0.4, 0.5) is 5.13 Å². The molecule has 1 N–H and O–H groups in total. The molecule has 110 valence electrons. The summed E-state index contributed by atoms with van der Waals surface area (Å²) < 4.78 is 28.5. The third-order valence-corrected chi connectivity index (χ3v) is 6.06. The Bertz CT molecular complexity index is 734. The van der Waals surface area contributed by atoms with Gasteiger partial charge in [0.15, 0.2) is 5.13 Å². The first kappa shape index (κ1) is 15.3. The highest BCUT2D eigenvalue weighted by atomic mass is 35.5. The van der Waals surface area contributed by atoms with Gasteiger partial charge in [-0.3, -0.25) is 9.40 Å². The van der Waals surface area contributed by atoms with Crippen molar-refractivity contribution in [2.45, 2.75) is 31.6 Å². The van der Waals surface area contributed by atoms with E-state index in [2.05, 4.69) is 14.8 Å². The van der Waals surface area contributed by atoms with Crippen LogP contribution in [0.5, 0.6) is 0 Å². The number of rotatable bonds is 4. The predicted octanol–water partition coefficient (Wildman–Crippen LogP) is 2.76. The highest BCUT2D eigenvalue weighted by Gasteiger charge is 2.26. The van der Waals surface area contributed by atoms with E-state index in [-0.39, 0.29) is 10.0 Å². The quantitative estimate of drug-likeness (QED) is 0.932. The first-order valence-electron chi connectivity index (χ1n) is 5.90. The Kier molecular flexibility index (Phi) is 4.08. The molecule has 0 aliphatic carbocycles. The van der Waals surface area contributed by atoms with Gasteiger partial charge in [-0.25, -0.2) is 13.4 Å². The summed E-state index contributed by atoms with van der Waals surface area (Å²) in [6, 6.07) is 0. The lowest BCUT2D eigenvalue weighted by Gasteiger charge is -2.04. The van der Waals surface area contributed by atoms with Gasteiger partial charge in [0, 0.05) is 18.1 Å². The van der Waals surface area contributed by atoms with E-state index in [0.29, 0.717) is 16.7 Å². The number of sulfonamides is 1. The first-order chi connectivity index (χ1) is 9.22. The van der Waals surface area contributed by atoms with Gasteiger partial charge in [-0.05, 0) is 12.8 Å². The van der Waals surface area contributed by atoms with Crippen LogP contribution in [-0.2, 0) is 17.1 Å². The SMILES string of the molecule is Cc1nn(C)c(Cl)c1S(=O)(=O)Nc1ncc(C(C)C)s1. The Morgan fingerprint density at radius 1 is 1.45 bits per heavy atom. The number of halogens is 1. The standard InChI is InChI=1S/C11H15ClN4O2S2/c1-6(2)8-5-13-11(19-8)15-20(17,18)9-7(3)14-16(4)10(9)12/h5-6H,1-4H3,(H,13,15). The van der Waals surface area contributed by atoms with Crippen LogP contribution in [0.15, 0.2) is 11.1 Å². The molecule has 0 fully saturated rings. The highest BCUT2D eigenvalue weighted by molar-refractivity contribution is 7.93. The molecule has 2 aromatic heterocycles. The summed E-state index contributed by atoms with van der Waals surface area (Å²) in [4.78, 5) is 5.07. The number of nitrogens with one attached hydrogen (secondary N) is 1. The van der Waals surface area contributed by atoms with Crippen molar-refractivity contribution in [2.24, 2.45) is 7.05 Å². The van der Waals surface area contributed by atoms with E-state index >= 15 is 0 Å². The van der Waals surface area contributed by atoms with E-state index in [0.717, 1.165) is 4.88 Å². The smallest absolute Gasteiger partial charge is 0.255 e. The number of aryl methyl sites for hydroxylation is 2. The van der Waals surface area contributed by atoms with Gasteiger partial charge in [0.2, 0.25) is 0 Å². The van der Waals surface area contributed by atoms with Gasteiger partial charge in [0.1, 0.15) is 10.0 Å². The average Bonchev–Trinajstić information content (AvgIpc) is 2.84. The second-order valence-corrected chi connectivity index (χ2v) is 7.70. The van der Waals surface area contributed by atoms with Gasteiger partial charge in [-0.15, -0.1) is 11.3 Å². The molecule has 0 atom stereocenters. The lowest BCUT2D eigenvalue weighted by Crippen LogP contribution is -2.13. The van der Waals surface area contributed by atoms with Crippen LogP contribution in [0.25, 0.3) is 0 Å². The van der Waals surface area contributed by atoms with Crippen LogP contribution >= 0.6 is 22.9 Å². The number of anilines is 1. The van der Waals surface area contributed by atoms with Crippen LogP contribution in [0.2, 0.25) is 5.15 Å². The number of hydrogen-bond acceptors (Lipinski definition) is 5. The number of thiazole rings is 1. The van der Waals surface area contributed by atoms with Crippen LogP contribution in [-0.4, -0.2) is 23.2 Å². The van der Waals surface area contributed by atoms with Crippen molar-refractivity contribution in [3.63, 3.8) is 0 Å². The summed E-state index contributed by atoms with van der Waals surface area (Å²) in [5, 5.41) is 4.41. The molecule has 2 heterocycles. The van der Waals surface area contributed by atoms with Crippen LogP contribution in [0.1, 0.15) is 30.3 Å². The summed E-state index contributed by atoms with van der Waals surface area (Å²) in [5.74, 6) is 0.300. The van der Waals surface area contributed by atoms with Crippen molar-refractivity contribution in [3.05, 3.63) is 21.9 Å². The molecular weight excluding hydrogens is 320 g/mol. The second kappa shape index (κ2) is 5.34. The third kappa shape index (κ3) is 2.82. The van der Waals surface area contributed by atoms with Gasteiger partial charge in [0.25, 0.3) is 10.0 Å². The maximum absolute atomic E-state index is 12.4. The molecule has 2 aromatic rings. The summed E-state index contributed by atoms with van der Waals surface area (Å²) in [7, 11) is -2.19. The fourth-order valence-electron chi connectivity index (χ4n) is 1.68. The number of nitrogens with zero attached hydrogens (tertiary/aromatic N) is 3. The molecule has 2 rings (SSSR count). The van der Waals surface area contributed by atoms with E-state index in [1.807, 2.05) is 13.8 Å². The van der Waals surface area contributed by atoms with Crippen molar-refractivity contribution in [2.75, 3.05) is 4.72 Å². The van der Waals surface area contributed by atoms with E-state index in [9.17, 15) is 8.42 Å². The molecule has 0 saturated carbocycles. The maximum atomic E-state index is 12.4. The van der Waals surface area contributed by atoms with E-state index in [4.69, 9.17) is 11.6 Å². The topological polar surface area (TPSA) is 76.9 Å². The van der Waals surface area contributed by atoms with Crippen molar-refractivity contribution < 1.29 is 8.42 Å². The zero-order chi connectivity index (χ0) is 15.1. The van der Waals surface area contributed by atoms with Crippen molar-refractivity contribution in [1.82, 2.24) is 14.8 Å². The summed E-state index contributed by atoms with van der Waals surface area (Å²) in [6.45, 7) is 5.64. The molecule has 0 radical (unpaired) electrons. The molecule has 0 saturated heterocycles. The molecule has 0 unspecified atom stereocenters. The fourth-order valence-corrected chi connectivity index (χ4v) is 4.50. The van der Waals surface area contributed by atoms with Gasteiger partial charge in [-0.2, -0.15) is 5.10 Å². The number of aromatic nitrogens is 3. The minimum Gasteiger partial charge on any atom is -0.255 e. The first-order valence-corrected chi connectivity index (χ1v) is 8.57. The molecule has 20 heavy (non-hydrogen) atoms. The largest absolute Gasteiger partial charge is 0.268 e. The number of hydrogen-bond donors (Lipinski definition) is 1. The van der Waals surface area contributed by atoms with Crippen LogP contribution in [0, 0.1) is 6.92 Å². The van der Waals surface area contributed by atoms with Crippen molar-refractivity contribution >= 4 is 38.1 Å². The Hall–Kier alpha value is -1.12. The normalized spacial score (nSPS) is 12.1. The predicted molar refractivity (Wildman–Crippen MR) is 80.0 cm³/mol. The molecule has 0 aliphatic heterocycles. The highest BCUT2D eigenvalue weighted by Crippen LogP contribution is 2.29. The van der Waals surface area contributed by atoms with Crippen LogP contribution < -0.4 is 4.72 Å². The maximum Gasteiger partial charge on any atom is 0.268 e. The fraction of sp³-hybridized carbons (Fsp3) is 0.455. The molecule has 9 heteroatoms. The zero-order valence-electron chi connectivity index (χ0n) is 11.5. The van der Waals surface area contributed by atoms with Gasteiger partial charge >= 0.3 is 0 Å². The zero-order valence-corrected chi connectivity index (χ0v) is 13.9. The molecular formula is C11H15ClN4O2S2. The van der Waals surface area contributed by atoms with Crippen LogP contribution in [0.3, 0.4) is 0 Å². The van der Waals surface area contributed by atoms with Crippen molar-refractivity contribution in [3.8, 4) is 0 Å². The average molecular weight is 335 g/mol. The molecule has 0 aliphatic rings. The molecule has 0 amide bonds. The summed E-state index contributed by atoms with van der Waals surface area (Å²) >= 11 is 7.29. The third-order valence-electron chi connectivity index (χ3n) is 2.68. The van der Waals surface area contributed by atoms with E-state index < -0.39 is 10.0 Å². The van der Waals surface area contributed by atoms with Crippen molar-refractivity contribution in [1.29, 1.82) is 0 Å². The van der Waals surface area contributed by atoms with E-state index in [1.54, 1.807) is 20.2 Å². The Morgan fingerprint density at radius 3 is 2.55 bits per heavy atom. The minimum absolute atomic E-state index is 0.0111. The minimum atomic E-state index is -3.78. The Balaban J connectivity index is 2.35. The van der Waals surface area contributed by atoms with Gasteiger partial charge in [-0.1, -0.05) is 25.4 Å². The summed E-state index contributed by atoms with van der Waals surface area (Å²) in [6.07, 6.45) is 1.67. The van der Waals surface area contributed by atoms with Gasteiger partial charge in [0.05, 0.1) is 5.69 Å². The lowest BCUT2D eigenvalue weighted by molar-refractivity contribution is 0.600. The molecule has 6 nitrogen and oxygen atoms in total. The van der Waals surface area contributed by atoms with Gasteiger partial charge < -0.3 is 0 Å². The Labute approximate surface area is 126 Å². The second-order valence-electron chi connectivity index (χ2n) is 4.66.